The van der Waals surface area contributed by atoms with Crippen LogP contribution in [0, 0.1) is 6.92 Å². The third kappa shape index (κ3) is 4.25. The number of fused-ring (bicyclic) bond motifs is 1. The Labute approximate surface area is 171 Å². The molecule has 30 heavy (non-hydrogen) atoms. The maximum absolute atomic E-state index is 12.8. The summed E-state index contributed by atoms with van der Waals surface area (Å²) < 4.78 is 70.6. The number of nitrogens with one attached hydrogen (secondary N) is 1. The molecule has 2 aromatic carbocycles. The average molecular weight is 434 g/mol. The number of aromatic nitrogens is 1. The molecule has 0 atom stereocenters. The fourth-order valence-electron chi connectivity index (χ4n) is 3.32. The van der Waals surface area contributed by atoms with Crippen LogP contribution in [0.4, 0.5) is 18.9 Å². The van der Waals surface area contributed by atoms with Crippen molar-refractivity contribution in [2.24, 2.45) is 0 Å². The molecule has 0 saturated carbocycles. The van der Waals surface area contributed by atoms with Crippen LogP contribution in [-0.2, 0) is 22.6 Å². The van der Waals surface area contributed by atoms with Gasteiger partial charge in [-0.05, 0) is 48.7 Å². The van der Waals surface area contributed by atoms with E-state index in [0.717, 1.165) is 40.6 Å². The van der Waals surface area contributed by atoms with Gasteiger partial charge in [0.15, 0.2) is 0 Å². The summed E-state index contributed by atoms with van der Waals surface area (Å²) >= 11 is 0. The Morgan fingerprint density at radius 2 is 1.80 bits per heavy atom. The van der Waals surface area contributed by atoms with Gasteiger partial charge in [-0.3, -0.25) is 4.72 Å². The zero-order valence-corrected chi connectivity index (χ0v) is 16.6. The summed E-state index contributed by atoms with van der Waals surface area (Å²) in [6, 6.07) is 12.2. The first-order chi connectivity index (χ1) is 14.1. The Bertz CT molecular complexity index is 1210. The minimum Gasteiger partial charge on any atom is -0.439 e. The van der Waals surface area contributed by atoms with Crippen LogP contribution < -0.4 is 9.46 Å². The zero-order valence-electron chi connectivity index (χ0n) is 15.8. The van der Waals surface area contributed by atoms with Crippen molar-refractivity contribution >= 4 is 15.7 Å². The second kappa shape index (κ2) is 7.32. The van der Waals surface area contributed by atoms with Crippen LogP contribution in [0.5, 0.6) is 11.6 Å². The van der Waals surface area contributed by atoms with Crippen molar-refractivity contribution < 1.29 is 26.3 Å². The summed E-state index contributed by atoms with van der Waals surface area (Å²) in [5.74, 6) is 0.186. The standard InChI is InChI=1S/C21H17F3N2O3S/c1-13-10-15-7-9-30(27,28)26-20(15)18(11-13)14-2-4-17(5-3-14)29-19-12-16(6-8-25-19)21(22,23)24/h2-6,8,10-12,26H,7,9H2,1H3. The molecule has 9 heteroatoms. The van der Waals surface area contributed by atoms with Crippen LogP contribution >= 0.6 is 0 Å². The number of alkyl halides is 3. The van der Waals surface area contributed by atoms with Gasteiger partial charge in [0.2, 0.25) is 15.9 Å². The molecule has 5 nitrogen and oxygen atoms in total. The minimum absolute atomic E-state index is 0.0413. The van der Waals surface area contributed by atoms with Crippen molar-refractivity contribution in [3.63, 3.8) is 0 Å². The summed E-state index contributed by atoms with van der Waals surface area (Å²) in [4.78, 5) is 3.82. The SMILES string of the molecule is Cc1cc2c(c(-c3ccc(Oc4cc(C(F)(F)F)ccn4)cc3)c1)NS(=O)(=O)CC2. The molecule has 0 aliphatic carbocycles. The molecule has 1 aliphatic rings. The molecular formula is C21H17F3N2O3S. The molecular weight excluding hydrogens is 417 g/mol. The molecule has 0 amide bonds. The van der Waals surface area contributed by atoms with Gasteiger partial charge in [0.1, 0.15) is 5.75 Å². The number of pyridine rings is 1. The van der Waals surface area contributed by atoms with Crippen LogP contribution in [0.1, 0.15) is 16.7 Å². The molecule has 0 saturated heterocycles. The summed E-state index contributed by atoms with van der Waals surface area (Å²) in [7, 11) is -3.38. The highest BCUT2D eigenvalue weighted by Gasteiger charge is 2.31. The Kier molecular flexibility index (Phi) is 4.93. The third-order valence-electron chi connectivity index (χ3n) is 4.71. The molecule has 0 bridgehead atoms. The molecule has 4 rings (SSSR count). The van der Waals surface area contributed by atoms with E-state index in [1.807, 2.05) is 19.1 Å². The predicted molar refractivity (Wildman–Crippen MR) is 107 cm³/mol. The van der Waals surface area contributed by atoms with Crippen molar-refractivity contribution in [3.05, 3.63) is 71.4 Å². The van der Waals surface area contributed by atoms with E-state index in [1.165, 1.54) is 0 Å². The fourth-order valence-corrected chi connectivity index (χ4v) is 4.47. The Balaban J connectivity index is 1.63. The van der Waals surface area contributed by atoms with E-state index in [-0.39, 0.29) is 11.6 Å². The van der Waals surface area contributed by atoms with Gasteiger partial charge in [-0.25, -0.2) is 13.4 Å². The smallest absolute Gasteiger partial charge is 0.416 e. The van der Waals surface area contributed by atoms with Gasteiger partial charge in [-0.1, -0.05) is 23.8 Å². The van der Waals surface area contributed by atoms with Gasteiger partial charge in [0.25, 0.3) is 0 Å². The van der Waals surface area contributed by atoms with Crippen molar-refractivity contribution in [2.45, 2.75) is 19.5 Å². The van der Waals surface area contributed by atoms with Crippen LogP contribution in [0.2, 0.25) is 0 Å². The van der Waals surface area contributed by atoms with Gasteiger partial charge >= 0.3 is 6.18 Å². The highest BCUT2D eigenvalue weighted by Crippen LogP contribution is 2.37. The number of aryl methyl sites for hydroxylation is 2. The topological polar surface area (TPSA) is 68.3 Å². The summed E-state index contributed by atoms with van der Waals surface area (Å²) in [5.41, 5.74) is 3.12. The molecule has 1 aliphatic heterocycles. The highest BCUT2D eigenvalue weighted by molar-refractivity contribution is 7.92. The number of halogens is 3. The first kappa shape index (κ1) is 20.2. The fraction of sp³-hybridized carbons (Fsp3) is 0.190. The Hall–Kier alpha value is -3.07. The van der Waals surface area contributed by atoms with Crippen molar-refractivity contribution in [1.29, 1.82) is 0 Å². The molecule has 0 radical (unpaired) electrons. The van der Waals surface area contributed by atoms with E-state index in [9.17, 15) is 21.6 Å². The Morgan fingerprint density at radius 1 is 1.07 bits per heavy atom. The number of anilines is 1. The quantitative estimate of drug-likeness (QED) is 0.618. The third-order valence-corrected chi connectivity index (χ3v) is 5.97. The van der Waals surface area contributed by atoms with E-state index in [0.29, 0.717) is 17.9 Å². The lowest BCUT2D eigenvalue weighted by Crippen LogP contribution is -2.24. The molecule has 156 valence electrons. The summed E-state index contributed by atoms with van der Waals surface area (Å²) in [5, 5.41) is 0. The number of ether oxygens (including phenoxy) is 1. The highest BCUT2D eigenvalue weighted by atomic mass is 32.2. The second-order valence-electron chi connectivity index (χ2n) is 7.02. The zero-order chi connectivity index (χ0) is 21.5. The number of rotatable bonds is 3. The largest absolute Gasteiger partial charge is 0.439 e. The summed E-state index contributed by atoms with van der Waals surface area (Å²) in [6.45, 7) is 1.93. The molecule has 1 N–H and O–H groups in total. The van der Waals surface area contributed by atoms with Crippen molar-refractivity contribution in [3.8, 4) is 22.8 Å². The molecule has 3 aromatic rings. The first-order valence-electron chi connectivity index (χ1n) is 9.06. The van der Waals surface area contributed by atoms with Gasteiger partial charge < -0.3 is 4.74 Å². The summed E-state index contributed by atoms with van der Waals surface area (Å²) in [6.07, 6.45) is -3.01. The molecule has 0 spiro atoms. The molecule has 0 fully saturated rings. The van der Waals surface area contributed by atoms with E-state index >= 15 is 0 Å². The predicted octanol–water partition coefficient (Wildman–Crippen LogP) is 5.17. The monoisotopic (exact) mass is 434 g/mol. The van der Waals surface area contributed by atoms with E-state index in [2.05, 4.69) is 9.71 Å². The number of benzene rings is 2. The molecule has 1 aromatic heterocycles. The van der Waals surface area contributed by atoms with Crippen LogP contribution in [-0.4, -0.2) is 19.2 Å². The van der Waals surface area contributed by atoms with Gasteiger partial charge in [-0.2, -0.15) is 13.2 Å². The van der Waals surface area contributed by atoms with Crippen LogP contribution in [0.3, 0.4) is 0 Å². The maximum atomic E-state index is 12.8. The molecule has 0 unspecified atom stereocenters. The van der Waals surface area contributed by atoms with Crippen LogP contribution in [0.25, 0.3) is 11.1 Å². The van der Waals surface area contributed by atoms with Gasteiger partial charge in [-0.15, -0.1) is 0 Å². The van der Waals surface area contributed by atoms with Crippen LogP contribution in [0.15, 0.2) is 54.7 Å². The van der Waals surface area contributed by atoms with Gasteiger partial charge in [0, 0.05) is 17.8 Å². The lowest BCUT2D eigenvalue weighted by atomic mass is 9.96. The lowest BCUT2D eigenvalue weighted by molar-refractivity contribution is -0.137. The van der Waals surface area contributed by atoms with Crippen molar-refractivity contribution in [2.75, 3.05) is 10.5 Å². The maximum Gasteiger partial charge on any atom is 0.416 e. The number of nitrogens with zero attached hydrogens (tertiary/aromatic N) is 1. The van der Waals surface area contributed by atoms with E-state index in [1.54, 1.807) is 24.3 Å². The number of sulfonamides is 1. The minimum atomic E-state index is -4.48. The van der Waals surface area contributed by atoms with Crippen molar-refractivity contribution in [1.82, 2.24) is 4.98 Å². The van der Waals surface area contributed by atoms with E-state index < -0.39 is 21.8 Å². The van der Waals surface area contributed by atoms with Gasteiger partial charge in [0.05, 0.1) is 17.0 Å². The average Bonchev–Trinajstić information content (AvgIpc) is 2.68. The first-order valence-corrected chi connectivity index (χ1v) is 10.7. The second-order valence-corrected chi connectivity index (χ2v) is 8.87. The number of hydrogen-bond acceptors (Lipinski definition) is 4. The number of hydrogen-bond donors (Lipinski definition) is 1. The lowest BCUT2D eigenvalue weighted by Gasteiger charge is -2.22. The normalized spacial score (nSPS) is 15.2. The molecule has 2 heterocycles. The van der Waals surface area contributed by atoms with E-state index in [4.69, 9.17) is 4.74 Å². The Morgan fingerprint density at radius 3 is 2.50 bits per heavy atom.